The molecule has 3 atom stereocenters. The quantitative estimate of drug-likeness (QED) is 0.881. The molecule has 1 aromatic heterocycles. The van der Waals surface area contributed by atoms with Crippen molar-refractivity contribution >= 4 is 5.69 Å². The summed E-state index contributed by atoms with van der Waals surface area (Å²) in [6, 6.07) is 5.48. The zero-order valence-corrected chi connectivity index (χ0v) is 11.8. The Morgan fingerprint density at radius 2 is 2.05 bits per heavy atom. The fourth-order valence-corrected chi connectivity index (χ4v) is 3.37. The van der Waals surface area contributed by atoms with Gasteiger partial charge in [-0.1, -0.05) is 0 Å². The molecular weight excluding hydrogens is 238 g/mol. The summed E-state index contributed by atoms with van der Waals surface area (Å²) in [5.41, 5.74) is 1.93. The highest BCUT2D eigenvalue weighted by atomic mass is 16.3. The number of hydrogen-bond acceptors (Lipinski definition) is 4. The van der Waals surface area contributed by atoms with E-state index in [2.05, 4.69) is 27.9 Å². The van der Waals surface area contributed by atoms with Gasteiger partial charge in [-0.25, -0.2) is 0 Å². The van der Waals surface area contributed by atoms with Gasteiger partial charge in [-0.2, -0.15) is 0 Å². The van der Waals surface area contributed by atoms with Crippen molar-refractivity contribution in [2.24, 2.45) is 0 Å². The summed E-state index contributed by atoms with van der Waals surface area (Å²) in [4.78, 5) is 9.36. The van der Waals surface area contributed by atoms with Gasteiger partial charge in [-0.05, 0) is 45.4 Å². The number of pyridine rings is 1. The van der Waals surface area contributed by atoms with E-state index in [-0.39, 0.29) is 0 Å². The van der Waals surface area contributed by atoms with Crippen molar-refractivity contribution in [1.82, 2.24) is 9.88 Å². The molecular formula is C15H23N3O. The second kappa shape index (κ2) is 5.10. The standard InChI is InChI=1S/C15H23N3O/c1-11(19)15-6-5-13(9-16-15)18-8-7-12-3-4-14(10-18)17(12)2/h5-6,9,11-12,14,19H,3-4,7-8,10H2,1-2H3. The van der Waals surface area contributed by atoms with E-state index >= 15 is 0 Å². The third-order valence-corrected chi connectivity index (χ3v) is 4.71. The van der Waals surface area contributed by atoms with Crippen molar-refractivity contribution in [2.45, 2.75) is 44.4 Å². The summed E-state index contributed by atoms with van der Waals surface area (Å²) >= 11 is 0. The Hall–Kier alpha value is -1.13. The Balaban J connectivity index is 1.75. The van der Waals surface area contributed by atoms with Crippen LogP contribution in [0.5, 0.6) is 0 Å². The average molecular weight is 261 g/mol. The summed E-state index contributed by atoms with van der Waals surface area (Å²) < 4.78 is 0. The third-order valence-electron chi connectivity index (χ3n) is 4.71. The molecule has 0 saturated carbocycles. The number of aliphatic hydroxyl groups excluding tert-OH is 1. The molecule has 104 valence electrons. The summed E-state index contributed by atoms with van der Waals surface area (Å²) in [5.74, 6) is 0. The highest BCUT2D eigenvalue weighted by molar-refractivity contribution is 5.45. The van der Waals surface area contributed by atoms with Crippen molar-refractivity contribution in [2.75, 3.05) is 25.0 Å². The molecule has 2 fully saturated rings. The monoisotopic (exact) mass is 261 g/mol. The minimum atomic E-state index is -0.486. The lowest BCUT2D eigenvalue weighted by atomic mass is 10.1. The lowest BCUT2D eigenvalue weighted by molar-refractivity contribution is 0.194. The molecule has 0 aliphatic carbocycles. The first-order chi connectivity index (χ1) is 9.15. The number of aliphatic hydroxyl groups is 1. The molecule has 3 rings (SSSR count). The lowest BCUT2D eigenvalue weighted by Gasteiger charge is -2.27. The number of hydrogen-bond donors (Lipinski definition) is 1. The maximum absolute atomic E-state index is 9.51. The normalized spacial score (nSPS) is 29.3. The summed E-state index contributed by atoms with van der Waals surface area (Å²) in [6.45, 7) is 3.96. The first-order valence-electron chi connectivity index (χ1n) is 7.26. The molecule has 2 aliphatic heterocycles. The molecule has 0 amide bonds. The Labute approximate surface area is 115 Å². The first kappa shape index (κ1) is 12.9. The van der Waals surface area contributed by atoms with Crippen molar-refractivity contribution < 1.29 is 5.11 Å². The number of fused-ring (bicyclic) bond motifs is 2. The van der Waals surface area contributed by atoms with E-state index in [1.807, 2.05) is 12.3 Å². The molecule has 1 N–H and O–H groups in total. The predicted molar refractivity (Wildman–Crippen MR) is 76.3 cm³/mol. The molecule has 19 heavy (non-hydrogen) atoms. The van der Waals surface area contributed by atoms with Crippen molar-refractivity contribution in [3.63, 3.8) is 0 Å². The second-order valence-electron chi connectivity index (χ2n) is 5.90. The van der Waals surface area contributed by atoms with E-state index in [0.29, 0.717) is 6.04 Å². The van der Waals surface area contributed by atoms with E-state index in [1.165, 1.54) is 24.9 Å². The molecule has 0 spiro atoms. The summed E-state index contributed by atoms with van der Waals surface area (Å²) in [7, 11) is 2.26. The van der Waals surface area contributed by atoms with Gasteiger partial charge in [0.25, 0.3) is 0 Å². The van der Waals surface area contributed by atoms with Crippen LogP contribution < -0.4 is 4.90 Å². The van der Waals surface area contributed by atoms with E-state index < -0.39 is 6.10 Å². The van der Waals surface area contributed by atoms with E-state index in [4.69, 9.17) is 0 Å². The van der Waals surface area contributed by atoms with Crippen LogP contribution in [0, 0.1) is 0 Å². The van der Waals surface area contributed by atoms with Crippen LogP contribution in [0.3, 0.4) is 0 Å². The lowest BCUT2D eigenvalue weighted by Crippen LogP contribution is -2.36. The van der Waals surface area contributed by atoms with Gasteiger partial charge in [0.2, 0.25) is 0 Å². The van der Waals surface area contributed by atoms with E-state index in [0.717, 1.165) is 24.8 Å². The van der Waals surface area contributed by atoms with Crippen molar-refractivity contribution in [3.8, 4) is 0 Å². The molecule has 3 heterocycles. The van der Waals surface area contributed by atoms with Crippen LogP contribution in [0.2, 0.25) is 0 Å². The predicted octanol–water partition coefficient (Wildman–Crippen LogP) is 1.81. The van der Waals surface area contributed by atoms with Crippen LogP contribution in [0.1, 0.15) is 38.0 Å². The SMILES string of the molecule is CC(O)c1ccc(N2CCC3CCC(C2)N3C)cn1. The largest absolute Gasteiger partial charge is 0.387 e. The second-order valence-corrected chi connectivity index (χ2v) is 5.90. The number of nitrogens with zero attached hydrogens (tertiary/aromatic N) is 3. The number of aromatic nitrogens is 1. The van der Waals surface area contributed by atoms with Crippen molar-refractivity contribution in [3.05, 3.63) is 24.0 Å². The Morgan fingerprint density at radius 3 is 2.74 bits per heavy atom. The van der Waals surface area contributed by atoms with Gasteiger partial charge >= 0.3 is 0 Å². The summed E-state index contributed by atoms with van der Waals surface area (Å²) in [6.07, 6.45) is 5.33. The van der Waals surface area contributed by atoms with Gasteiger partial charge in [-0.15, -0.1) is 0 Å². The zero-order valence-electron chi connectivity index (χ0n) is 11.8. The van der Waals surface area contributed by atoms with Crippen LogP contribution in [-0.4, -0.2) is 47.2 Å². The zero-order chi connectivity index (χ0) is 13.4. The molecule has 4 nitrogen and oxygen atoms in total. The molecule has 0 aromatic carbocycles. The van der Waals surface area contributed by atoms with Crippen LogP contribution >= 0.6 is 0 Å². The summed E-state index contributed by atoms with van der Waals surface area (Å²) in [5, 5.41) is 9.51. The molecule has 4 heteroatoms. The minimum absolute atomic E-state index is 0.486. The number of rotatable bonds is 2. The van der Waals surface area contributed by atoms with Crippen LogP contribution in [0.25, 0.3) is 0 Å². The van der Waals surface area contributed by atoms with Crippen LogP contribution in [0.15, 0.2) is 18.3 Å². The molecule has 0 radical (unpaired) electrons. The highest BCUT2D eigenvalue weighted by Gasteiger charge is 2.34. The maximum atomic E-state index is 9.51. The van der Waals surface area contributed by atoms with Crippen LogP contribution in [-0.2, 0) is 0 Å². The topological polar surface area (TPSA) is 39.6 Å². The smallest absolute Gasteiger partial charge is 0.0931 e. The fourth-order valence-electron chi connectivity index (χ4n) is 3.37. The first-order valence-corrected chi connectivity index (χ1v) is 7.26. The third kappa shape index (κ3) is 2.47. The average Bonchev–Trinajstić information content (AvgIpc) is 2.63. The van der Waals surface area contributed by atoms with Gasteiger partial charge in [0.1, 0.15) is 0 Å². The molecule has 2 aliphatic rings. The van der Waals surface area contributed by atoms with E-state index in [9.17, 15) is 5.11 Å². The maximum Gasteiger partial charge on any atom is 0.0931 e. The van der Waals surface area contributed by atoms with Gasteiger partial charge in [0.05, 0.1) is 23.7 Å². The Kier molecular flexibility index (Phi) is 3.46. The molecule has 2 bridgehead atoms. The molecule has 1 aromatic rings. The van der Waals surface area contributed by atoms with Gasteiger partial charge in [0.15, 0.2) is 0 Å². The fraction of sp³-hybridized carbons (Fsp3) is 0.667. The number of anilines is 1. The Morgan fingerprint density at radius 1 is 1.26 bits per heavy atom. The molecule has 3 unspecified atom stereocenters. The Bertz CT molecular complexity index is 432. The minimum Gasteiger partial charge on any atom is -0.387 e. The van der Waals surface area contributed by atoms with E-state index in [1.54, 1.807) is 6.92 Å². The van der Waals surface area contributed by atoms with Gasteiger partial charge in [0, 0.05) is 25.2 Å². The van der Waals surface area contributed by atoms with Crippen LogP contribution in [0.4, 0.5) is 5.69 Å². The van der Waals surface area contributed by atoms with Crippen molar-refractivity contribution in [1.29, 1.82) is 0 Å². The van der Waals surface area contributed by atoms with Gasteiger partial charge in [-0.3, -0.25) is 9.88 Å². The number of likely N-dealkylation sites (N-methyl/N-ethyl adjacent to an activating group) is 1. The molecule has 2 saturated heterocycles. The van der Waals surface area contributed by atoms with Gasteiger partial charge < -0.3 is 10.0 Å². The highest BCUT2D eigenvalue weighted by Crippen LogP contribution is 2.30.